The number of rotatable bonds is 9. The number of carboxylic acids is 1. The second-order valence-corrected chi connectivity index (χ2v) is 11.5. The predicted molar refractivity (Wildman–Crippen MR) is 146 cm³/mol. The summed E-state index contributed by atoms with van der Waals surface area (Å²) in [5.74, 6) is 0.944. The van der Waals surface area contributed by atoms with Crippen molar-refractivity contribution in [1.29, 1.82) is 0 Å². The first-order valence-corrected chi connectivity index (χ1v) is 13.7. The van der Waals surface area contributed by atoms with E-state index in [0.717, 1.165) is 78.4 Å². The molecule has 3 atom stereocenters. The highest BCUT2D eigenvalue weighted by Crippen LogP contribution is 2.32. The van der Waals surface area contributed by atoms with E-state index in [9.17, 15) is 9.90 Å². The van der Waals surface area contributed by atoms with Gasteiger partial charge >= 0.3 is 5.97 Å². The summed E-state index contributed by atoms with van der Waals surface area (Å²) in [5.41, 5.74) is 6.65. The maximum atomic E-state index is 11.9. The van der Waals surface area contributed by atoms with Crippen molar-refractivity contribution < 1.29 is 14.4 Å². The third-order valence-corrected chi connectivity index (χ3v) is 8.21. The Morgan fingerprint density at radius 3 is 2.89 bits per heavy atom. The van der Waals surface area contributed by atoms with Crippen molar-refractivity contribution in [3.05, 3.63) is 70.7 Å². The molecule has 0 bridgehead atoms. The zero-order valence-electron chi connectivity index (χ0n) is 22.4. The molecule has 0 radical (unpaired) electrons. The summed E-state index contributed by atoms with van der Waals surface area (Å²) in [6.45, 7) is 8.09. The lowest BCUT2D eigenvalue weighted by Gasteiger charge is -2.33. The van der Waals surface area contributed by atoms with Gasteiger partial charge in [-0.25, -0.2) is 9.67 Å². The highest BCUT2D eigenvalue weighted by Gasteiger charge is 2.37. The number of nitrogens with one attached hydrogen (secondary N) is 1. The van der Waals surface area contributed by atoms with E-state index < -0.39 is 5.97 Å². The number of carboxylic acid groups (broad SMARTS) is 1. The molecule has 0 aliphatic carbocycles. The summed E-state index contributed by atoms with van der Waals surface area (Å²) in [6.07, 6.45) is 5.77. The van der Waals surface area contributed by atoms with Crippen molar-refractivity contribution in [3.8, 4) is 5.69 Å². The monoisotopic (exact) mass is 502 g/mol. The number of likely N-dealkylation sites (tertiary alicyclic amines) is 1. The number of aromatic nitrogens is 3. The van der Waals surface area contributed by atoms with E-state index in [1.165, 1.54) is 24.1 Å². The molecule has 1 fully saturated rings. The first-order valence-electron chi connectivity index (χ1n) is 13.7. The molecule has 3 aromatic rings. The summed E-state index contributed by atoms with van der Waals surface area (Å²) >= 11 is 0. The number of quaternary nitrogens is 1. The lowest BCUT2D eigenvalue weighted by molar-refractivity contribution is -0.900. The standard InChI is InChI=1S/C30H39N5O2/c1-21-16-22(2)34(33-21)28-8-4-6-25(17-28)26(18-29(36)37)20-35(3)15-13-23(19-35)9-11-27-12-10-24-7-5-14-31-30(24)32-27/h4,6,8,10,12,16-17,23,26H,5,7,9,11,13-15,18-20H2,1-3H3,(H-,31,32,36,37)/p+1/t23-,26-,35-/m1/s1. The van der Waals surface area contributed by atoms with Crippen LogP contribution in [0.5, 0.6) is 0 Å². The first kappa shape index (κ1) is 25.5. The van der Waals surface area contributed by atoms with Crippen LogP contribution >= 0.6 is 0 Å². The maximum absolute atomic E-state index is 11.9. The largest absolute Gasteiger partial charge is 0.481 e. The molecule has 196 valence electrons. The molecule has 0 spiro atoms. The quantitative estimate of drug-likeness (QED) is 0.407. The Balaban J connectivity index is 1.25. The van der Waals surface area contributed by atoms with E-state index in [-0.39, 0.29) is 12.3 Å². The van der Waals surface area contributed by atoms with E-state index in [4.69, 9.17) is 4.98 Å². The van der Waals surface area contributed by atoms with Crippen LogP contribution in [0, 0.1) is 19.8 Å². The Kier molecular flexibility index (Phi) is 7.33. The van der Waals surface area contributed by atoms with Crippen LogP contribution in [0.3, 0.4) is 0 Å². The summed E-state index contributed by atoms with van der Waals surface area (Å²) in [7, 11) is 2.31. The lowest BCUT2D eigenvalue weighted by Crippen LogP contribution is -2.45. The average Bonchev–Trinajstić information content (AvgIpc) is 3.42. The molecule has 0 saturated carbocycles. The van der Waals surface area contributed by atoms with E-state index in [2.05, 4.69) is 47.8 Å². The number of anilines is 1. The molecule has 2 N–H and O–H groups in total. The molecule has 2 aliphatic heterocycles. The van der Waals surface area contributed by atoms with Crippen molar-refractivity contribution in [2.45, 2.75) is 58.3 Å². The third-order valence-electron chi connectivity index (χ3n) is 8.21. The third kappa shape index (κ3) is 6.04. The minimum Gasteiger partial charge on any atom is -0.481 e. The SMILES string of the molecule is Cc1cc(C)n(-c2cccc([C@H](CC(=O)O)C[N@+]3(C)CC[C@@H](CCc4ccc5c(n4)NCCC5)C3)c2)n1. The van der Waals surface area contributed by atoms with Crippen LogP contribution in [-0.2, 0) is 17.6 Å². The smallest absolute Gasteiger partial charge is 0.304 e. The Morgan fingerprint density at radius 2 is 2.11 bits per heavy atom. The minimum atomic E-state index is -0.740. The molecule has 1 aromatic carbocycles. The van der Waals surface area contributed by atoms with Gasteiger partial charge in [0.2, 0.25) is 0 Å². The fourth-order valence-electron chi connectivity index (χ4n) is 6.39. The van der Waals surface area contributed by atoms with E-state index in [0.29, 0.717) is 5.92 Å². The highest BCUT2D eigenvalue weighted by atomic mass is 16.4. The lowest BCUT2D eigenvalue weighted by atomic mass is 9.93. The Bertz CT molecular complexity index is 1270. The van der Waals surface area contributed by atoms with Crippen molar-refractivity contribution in [2.75, 3.05) is 38.5 Å². The summed E-state index contributed by atoms with van der Waals surface area (Å²) in [6, 6.07) is 14.8. The maximum Gasteiger partial charge on any atom is 0.304 e. The average molecular weight is 503 g/mol. The minimum absolute atomic E-state index is 0.0356. The highest BCUT2D eigenvalue weighted by molar-refractivity contribution is 5.68. The zero-order chi connectivity index (χ0) is 26.0. The van der Waals surface area contributed by atoms with Gasteiger partial charge in [0.1, 0.15) is 5.82 Å². The van der Waals surface area contributed by atoms with Gasteiger partial charge < -0.3 is 14.9 Å². The summed E-state index contributed by atoms with van der Waals surface area (Å²) in [5, 5.41) is 17.8. The Morgan fingerprint density at radius 1 is 1.24 bits per heavy atom. The van der Waals surface area contributed by atoms with Crippen LogP contribution in [0.2, 0.25) is 0 Å². The van der Waals surface area contributed by atoms with Gasteiger partial charge in [-0.05, 0) is 74.9 Å². The van der Waals surface area contributed by atoms with Crippen molar-refractivity contribution >= 4 is 11.8 Å². The van der Waals surface area contributed by atoms with Crippen LogP contribution < -0.4 is 5.32 Å². The second-order valence-electron chi connectivity index (χ2n) is 11.5. The molecule has 2 aliphatic rings. The Hall–Kier alpha value is -3.19. The summed E-state index contributed by atoms with van der Waals surface area (Å²) in [4.78, 5) is 16.7. The molecule has 1 saturated heterocycles. The number of aryl methyl sites for hydroxylation is 4. The normalized spacial score (nSPS) is 21.9. The first-order chi connectivity index (χ1) is 17.8. The van der Waals surface area contributed by atoms with E-state index in [1.54, 1.807) is 0 Å². The van der Waals surface area contributed by atoms with Gasteiger partial charge in [-0.1, -0.05) is 18.2 Å². The number of hydrogen-bond donors (Lipinski definition) is 2. The predicted octanol–water partition coefficient (Wildman–Crippen LogP) is 4.90. The van der Waals surface area contributed by atoms with Gasteiger partial charge in [0.05, 0.1) is 44.5 Å². The topological polar surface area (TPSA) is 80.0 Å². The fraction of sp³-hybridized carbons (Fsp3) is 0.500. The molecule has 2 aromatic heterocycles. The van der Waals surface area contributed by atoms with Crippen LogP contribution in [0.15, 0.2) is 42.5 Å². The molecular weight excluding hydrogens is 462 g/mol. The van der Waals surface area contributed by atoms with Crippen molar-refractivity contribution in [2.24, 2.45) is 5.92 Å². The Labute approximate surface area is 220 Å². The van der Waals surface area contributed by atoms with Gasteiger partial charge in [0.15, 0.2) is 0 Å². The van der Waals surface area contributed by atoms with E-state index in [1.807, 2.05) is 30.7 Å². The fourth-order valence-corrected chi connectivity index (χ4v) is 6.39. The number of aliphatic carboxylic acids is 1. The molecule has 0 amide bonds. The van der Waals surface area contributed by atoms with Gasteiger partial charge in [-0.3, -0.25) is 4.79 Å². The number of nitrogens with zero attached hydrogens (tertiary/aromatic N) is 4. The van der Waals surface area contributed by atoms with Gasteiger partial charge in [0.25, 0.3) is 0 Å². The van der Waals surface area contributed by atoms with Crippen LogP contribution in [0.1, 0.15) is 59.8 Å². The number of likely N-dealkylation sites (N-methyl/N-ethyl adjacent to an activating group) is 1. The van der Waals surface area contributed by atoms with Crippen LogP contribution in [0.25, 0.3) is 5.69 Å². The zero-order valence-corrected chi connectivity index (χ0v) is 22.4. The van der Waals surface area contributed by atoms with Gasteiger partial charge in [0, 0.05) is 36.2 Å². The molecule has 5 rings (SSSR count). The molecular formula is C30H40N5O2+. The van der Waals surface area contributed by atoms with Crippen molar-refractivity contribution in [1.82, 2.24) is 14.8 Å². The number of benzene rings is 1. The second kappa shape index (κ2) is 10.7. The molecule has 7 nitrogen and oxygen atoms in total. The van der Waals surface area contributed by atoms with Crippen LogP contribution in [0.4, 0.5) is 5.82 Å². The van der Waals surface area contributed by atoms with Gasteiger partial charge in [-0.2, -0.15) is 5.10 Å². The molecule has 0 unspecified atom stereocenters. The molecule has 7 heteroatoms. The number of hydrogen-bond acceptors (Lipinski definition) is 4. The van der Waals surface area contributed by atoms with Crippen molar-refractivity contribution in [3.63, 3.8) is 0 Å². The molecule has 4 heterocycles. The number of fused-ring (bicyclic) bond motifs is 1. The number of pyridine rings is 1. The molecule has 37 heavy (non-hydrogen) atoms. The van der Waals surface area contributed by atoms with E-state index >= 15 is 0 Å². The van der Waals surface area contributed by atoms with Gasteiger partial charge in [-0.15, -0.1) is 0 Å². The summed E-state index contributed by atoms with van der Waals surface area (Å²) < 4.78 is 2.87. The number of carbonyl (C=O) groups is 1. The van der Waals surface area contributed by atoms with Crippen LogP contribution in [-0.4, -0.2) is 63.6 Å².